The minimum absolute atomic E-state index is 1.04. The third-order valence-corrected chi connectivity index (χ3v) is 2.05. The molecule has 1 atom stereocenters. The summed E-state index contributed by atoms with van der Waals surface area (Å²) in [5.41, 5.74) is 0. The molecular formula is C5H8F5O4P. The molecule has 0 saturated heterocycles. The molecule has 0 amide bonds. The van der Waals surface area contributed by atoms with Crippen molar-refractivity contribution >= 4 is 7.82 Å². The van der Waals surface area contributed by atoms with Crippen molar-refractivity contribution in [2.45, 2.75) is 32.2 Å². The van der Waals surface area contributed by atoms with Crippen molar-refractivity contribution in [3.8, 4) is 0 Å². The lowest BCUT2D eigenvalue weighted by Gasteiger charge is -2.22. The molecule has 0 aliphatic rings. The molecule has 0 aromatic heterocycles. The monoisotopic (exact) mass is 258 g/mol. The minimum Gasteiger partial charge on any atom is -0.302 e. The highest BCUT2D eigenvalue weighted by Gasteiger charge is 2.63. The molecule has 0 aromatic rings. The highest BCUT2D eigenvalue weighted by atomic mass is 31.2. The van der Waals surface area contributed by atoms with Gasteiger partial charge in [-0.2, -0.15) is 22.0 Å². The molecule has 0 radical (unpaired) electrons. The van der Waals surface area contributed by atoms with E-state index in [1.54, 1.807) is 0 Å². The Morgan fingerprint density at radius 1 is 1.20 bits per heavy atom. The molecule has 0 aromatic carbocycles. The van der Waals surface area contributed by atoms with Gasteiger partial charge >= 0.3 is 20.1 Å². The van der Waals surface area contributed by atoms with Crippen molar-refractivity contribution < 1.29 is 40.5 Å². The molecule has 1 N–H and O–H groups in total. The van der Waals surface area contributed by atoms with Gasteiger partial charge in [-0.05, 0) is 13.8 Å². The smallest absolute Gasteiger partial charge is 0.302 e. The van der Waals surface area contributed by atoms with Crippen molar-refractivity contribution in [3.05, 3.63) is 0 Å². The Morgan fingerprint density at radius 2 is 1.60 bits per heavy atom. The van der Waals surface area contributed by atoms with Gasteiger partial charge in [-0.1, -0.05) is 0 Å². The highest BCUT2D eigenvalue weighted by Crippen LogP contribution is 2.53. The number of phosphoric ester groups is 1. The minimum atomic E-state index is -6.08. The van der Waals surface area contributed by atoms with Gasteiger partial charge in [-0.25, -0.2) is 9.09 Å². The first kappa shape index (κ1) is 14.8. The molecule has 0 bridgehead atoms. The Labute approximate surface area is 81.6 Å². The van der Waals surface area contributed by atoms with Crippen molar-refractivity contribution in [1.29, 1.82) is 0 Å². The van der Waals surface area contributed by atoms with Gasteiger partial charge in [-0.3, -0.25) is 4.52 Å². The van der Waals surface area contributed by atoms with Gasteiger partial charge in [0.1, 0.15) is 0 Å². The number of halogens is 5. The van der Waals surface area contributed by atoms with E-state index in [-0.39, 0.29) is 0 Å². The number of alkyl halides is 5. The summed E-state index contributed by atoms with van der Waals surface area (Å²) in [5, 5.41) is 0. The van der Waals surface area contributed by atoms with Gasteiger partial charge in [0, 0.05) is 0 Å². The molecule has 1 unspecified atom stereocenters. The first-order chi connectivity index (χ1) is 6.37. The van der Waals surface area contributed by atoms with Crippen molar-refractivity contribution in [1.82, 2.24) is 0 Å². The van der Waals surface area contributed by atoms with E-state index < -0.39 is 26.2 Å². The number of hydrogen-bond donors (Lipinski definition) is 1. The zero-order valence-electron chi connectivity index (χ0n) is 7.59. The van der Waals surface area contributed by atoms with Crippen LogP contribution >= 0.6 is 7.82 Å². The second-order valence-electron chi connectivity index (χ2n) is 2.73. The van der Waals surface area contributed by atoms with Gasteiger partial charge in [0.15, 0.2) is 0 Å². The Balaban J connectivity index is 4.66. The van der Waals surface area contributed by atoms with Crippen LogP contribution in [-0.2, 0) is 13.6 Å². The molecule has 4 nitrogen and oxygen atoms in total. The lowest BCUT2D eigenvalue weighted by atomic mass is 10.5. The second-order valence-corrected chi connectivity index (χ2v) is 4.06. The van der Waals surface area contributed by atoms with E-state index in [4.69, 9.17) is 4.89 Å². The molecule has 0 fully saturated rings. The van der Waals surface area contributed by atoms with E-state index in [1.165, 1.54) is 0 Å². The summed E-state index contributed by atoms with van der Waals surface area (Å²) in [4.78, 5) is 8.51. The van der Waals surface area contributed by atoms with Gasteiger partial charge in [-0.15, -0.1) is 0 Å². The fourth-order valence-corrected chi connectivity index (χ4v) is 1.45. The van der Waals surface area contributed by atoms with Gasteiger partial charge in [0.05, 0.1) is 6.10 Å². The molecule has 0 heterocycles. The van der Waals surface area contributed by atoms with Crippen LogP contribution in [0.15, 0.2) is 0 Å². The standard InChI is InChI=1S/C5H8F5O4P/c1-3(2)13-15(11,12)14-5(9,10)4(6,7)8/h3H,1-2H3,(H,11,12). The topological polar surface area (TPSA) is 55.8 Å². The molecule has 0 aliphatic heterocycles. The fourth-order valence-electron chi connectivity index (χ4n) is 0.485. The van der Waals surface area contributed by atoms with Crippen LogP contribution in [0.4, 0.5) is 22.0 Å². The highest BCUT2D eigenvalue weighted by molar-refractivity contribution is 7.47. The van der Waals surface area contributed by atoms with E-state index in [1.807, 2.05) is 0 Å². The Hall–Kier alpha value is -0.240. The molecule has 0 saturated carbocycles. The molecule has 0 rings (SSSR count). The zero-order chi connectivity index (χ0) is 12.5. The van der Waals surface area contributed by atoms with Crippen LogP contribution in [0.25, 0.3) is 0 Å². The van der Waals surface area contributed by atoms with Crippen LogP contribution in [0.5, 0.6) is 0 Å². The maximum Gasteiger partial charge on any atom is 0.483 e. The maximum atomic E-state index is 12.1. The predicted octanol–water partition coefficient (Wildman–Crippen LogP) is 2.68. The number of phosphoric acid groups is 1. The summed E-state index contributed by atoms with van der Waals surface area (Å²) in [7, 11) is -5.44. The summed E-state index contributed by atoms with van der Waals surface area (Å²) >= 11 is 0. The fraction of sp³-hybridized carbons (Fsp3) is 1.00. The number of rotatable bonds is 4. The molecule has 15 heavy (non-hydrogen) atoms. The SMILES string of the molecule is CC(C)OP(=O)(O)OC(F)(F)C(F)(F)F. The summed E-state index contributed by atoms with van der Waals surface area (Å²) in [6, 6.07) is 0. The first-order valence-electron chi connectivity index (χ1n) is 3.54. The van der Waals surface area contributed by atoms with Crippen LogP contribution in [0.1, 0.15) is 13.8 Å². The van der Waals surface area contributed by atoms with Gasteiger partial charge in [0.25, 0.3) is 0 Å². The lowest BCUT2D eigenvalue weighted by Crippen LogP contribution is -2.38. The first-order valence-corrected chi connectivity index (χ1v) is 5.03. The van der Waals surface area contributed by atoms with Gasteiger partial charge in [0.2, 0.25) is 0 Å². The average Bonchev–Trinajstić information content (AvgIpc) is 1.75. The Kier molecular flexibility index (Phi) is 4.26. The van der Waals surface area contributed by atoms with E-state index >= 15 is 0 Å². The largest absolute Gasteiger partial charge is 0.483 e. The van der Waals surface area contributed by atoms with Crippen molar-refractivity contribution in [2.75, 3.05) is 0 Å². The average molecular weight is 258 g/mol. The van der Waals surface area contributed by atoms with E-state index in [2.05, 4.69) is 9.05 Å². The summed E-state index contributed by atoms with van der Waals surface area (Å²) in [5.74, 6) is 0. The summed E-state index contributed by atoms with van der Waals surface area (Å²) in [6.07, 6.45) is -12.8. The van der Waals surface area contributed by atoms with Crippen LogP contribution in [-0.4, -0.2) is 23.3 Å². The summed E-state index contributed by atoms with van der Waals surface area (Å²) in [6.45, 7) is 2.33. The maximum absolute atomic E-state index is 12.1. The normalized spacial score (nSPS) is 17.9. The van der Waals surface area contributed by atoms with Crippen molar-refractivity contribution in [3.63, 3.8) is 0 Å². The number of hydrogen-bond acceptors (Lipinski definition) is 3. The van der Waals surface area contributed by atoms with Crippen LogP contribution in [0, 0.1) is 0 Å². The molecule has 10 heteroatoms. The molecule has 0 spiro atoms. The van der Waals surface area contributed by atoms with Crippen LogP contribution < -0.4 is 0 Å². The second kappa shape index (κ2) is 4.32. The van der Waals surface area contributed by atoms with Crippen molar-refractivity contribution in [2.24, 2.45) is 0 Å². The predicted molar refractivity (Wildman–Crippen MR) is 38.1 cm³/mol. The van der Waals surface area contributed by atoms with Gasteiger partial charge < -0.3 is 4.89 Å². The van der Waals surface area contributed by atoms with Crippen LogP contribution in [0.3, 0.4) is 0 Å². The molecule has 0 aliphatic carbocycles. The third-order valence-electron chi connectivity index (χ3n) is 0.904. The Bertz CT molecular complexity index is 263. The molecular weight excluding hydrogens is 250 g/mol. The van der Waals surface area contributed by atoms with E-state index in [0.717, 1.165) is 13.8 Å². The quantitative estimate of drug-likeness (QED) is 0.622. The zero-order valence-corrected chi connectivity index (χ0v) is 8.48. The van der Waals surface area contributed by atoms with Crippen LogP contribution in [0.2, 0.25) is 0 Å². The third kappa shape index (κ3) is 4.87. The summed E-state index contributed by atoms with van der Waals surface area (Å²) < 4.78 is 76.1. The van der Waals surface area contributed by atoms with E-state index in [0.29, 0.717) is 0 Å². The lowest BCUT2D eigenvalue weighted by molar-refractivity contribution is -0.365. The molecule has 92 valence electrons. The Morgan fingerprint density at radius 3 is 1.87 bits per heavy atom. The van der Waals surface area contributed by atoms with E-state index in [9.17, 15) is 26.5 Å².